The van der Waals surface area contributed by atoms with Crippen molar-refractivity contribution in [2.75, 3.05) is 26.2 Å². The fourth-order valence-corrected chi connectivity index (χ4v) is 2.83. The van der Waals surface area contributed by atoms with Crippen molar-refractivity contribution >= 4 is 15.9 Å². The highest BCUT2D eigenvalue weighted by molar-refractivity contribution is 9.10. The van der Waals surface area contributed by atoms with Crippen molar-refractivity contribution in [2.24, 2.45) is 0 Å². The van der Waals surface area contributed by atoms with Crippen LogP contribution in [0.2, 0.25) is 0 Å². The molecule has 0 saturated carbocycles. The molecule has 0 aromatic carbocycles. The summed E-state index contributed by atoms with van der Waals surface area (Å²) in [5.41, 5.74) is 1.29. The van der Waals surface area contributed by atoms with E-state index in [9.17, 15) is 0 Å². The van der Waals surface area contributed by atoms with E-state index >= 15 is 0 Å². The van der Waals surface area contributed by atoms with E-state index in [1.807, 2.05) is 12.4 Å². The van der Waals surface area contributed by atoms with E-state index in [4.69, 9.17) is 0 Å². The first kappa shape index (κ1) is 14.0. The minimum atomic E-state index is 0.722. The molecule has 1 aliphatic rings. The predicted molar refractivity (Wildman–Crippen MR) is 78.5 cm³/mol. The van der Waals surface area contributed by atoms with E-state index in [1.165, 1.54) is 25.1 Å². The number of nitrogens with zero attached hydrogens (tertiary/aromatic N) is 3. The van der Waals surface area contributed by atoms with Gasteiger partial charge in [-0.2, -0.15) is 0 Å². The Labute approximate surface area is 118 Å². The average Bonchev–Trinajstić information content (AvgIpc) is 2.39. The van der Waals surface area contributed by atoms with E-state index in [0.717, 1.165) is 30.1 Å². The number of rotatable bonds is 4. The first-order valence-corrected chi connectivity index (χ1v) is 7.54. The molecule has 0 aliphatic carbocycles. The zero-order valence-electron chi connectivity index (χ0n) is 11.3. The second-order valence-electron chi connectivity index (χ2n) is 5.08. The molecule has 100 valence electrons. The van der Waals surface area contributed by atoms with Gasteiger partial charge in [0.25, 0.3) is 0 Å². The lowest BCUT2D eigenvalue weighted by molar-refractivity contribution is 0.0963. The largest absolute Gasteiger partial charge is 0.298 e. The Bertz CT molecular complexity index is 375. The molecular formula is C14H22BrN3. The van der Waals surface area contributed by atoms with Crippen LogP contribution >= 0.6 is 15.9 Å². The van der Waals surface area contributed by atoms with Crippen LogP contribution in [0.5, 0.6) is 0 Å². The Morgan fingerprint density at radius 3 is 2.61 bits per heavy atom. The molecular weight excluding hydrogens is 290 g/mol. The molecule has 0 amide bonds. The first-order chi connectivity index (χ1) is 8.69. The normalized spacial score (nSPS) is 19.9. The molecule has 1 unspecified atom stereocenters. The van der Waals surface area contributed by atoms with Gasteiger partial charge in [0.2, 0.25) is 0 Å². The van der Waals surface area contributed by atoms with Gasteiger partial charge in [-0.3, -0.25) is 14.8 Å². The molecule has 0 N–H and O–H groups in total. The van der Waals surface area contributed by atoms with Gasteiger partial charge in [-0.1, -0.05) is 6.92 Å². The van der Waals surface area contributed by atoms with Crippen LogP contribution in [0.1, 0.15) is 25.8 Å². The summed E-state index contributed by atoms with van der Waals surface area (Å²) in [6.07, 6.45) is 5.05. The van der Waals surface area contributed by atoms with Crippen molar-refractivity contribution in [3.8, 4) is 0 Å². The zero-order chi connectivity index (χ0) is 13.0. The molecule has 0 radical (unpaired) electrons. The minimum Gasteiger partial charge on any atom is -0.298 e. The van der Waals surface area contributed by atoms with Crippen molar-refractivity contribution < 1.29 is 0 Å². The number of pyridine rings is 1. The van der Waals surface area contributed by atoms with Crippen LogP contribution in [0.15, 0.2) is 22.9 Å². The van der Waals surface area contributed by atoms with E-state index in [1.54, 1.807) is 0 Å². The van der Waals surface area contributed by atoms with Crippen LogP contribution in [-0.4, -0.2) is 47.0 Å². The molecule has 0 bridgehead atoms. The van der Waals surface area contributed by atoms with E-state index in [2.05, 4.69) is 50.6 Å². The summed E-state index contributed by atoms with van der Waals surface area (Å²) in [7, 11) is 0. The number of hydrogen-bond donors (Lipinski definition) is 0. The Morgan fingerprint density at radius 2 is 2.00 bits per heavy atom. The van der Waals surface area contributed by atoms with Gasteiger partial charge in [-0.25, -0.2) is 0 Å². The molecule has 2 heterocycles. The Balaban J connectivity index is 1.83. The molecule has 3 nitrogen and oxygen atoms in total. The smallest absolute Gasteiger partial charge is 0.0410 e. The van der Waals surface area contributed by atoms with Gasteiger partial charge in [0.15, 0.2) is 0 Å². The summed E-state index contributed by atoms with van der Waals surface area (Å²) in [5, 5.41) is 0. The highest BCUT2D eigenvalue weighted by Gasteiger charge is 2.19. The number of piperazine rings is 1. The minimum absolute atomic E-state index is 0.722. The molecule has 1 aliphatic heterocycles. The van der Waals surface area contributed by atoms with Gasteiger partial charge in [-0.15, -0.1) is 0 Å². The summed E-state index contributed by atoms with van der Waals surface area (Å²) in [5.74, 6) is 0. The van der Waals surface area contributed by atoms with Crippen LogP contribution < -0.4 is 0 Å². The molecule has 1 atom stereocenters. The lowest BCUT2D eigenvalue weighted by atomic mass is 10.2. The summed E-state index contributed by atoms with van der Waals surface area (Å²) in [6, 6.07) is 2.88. The van der Waals surface area contributed by atoms with Crippen molar-refractivity contribution in [1.29, 1.82) is 0 Å². The Kier molecular flexibility index (Phi) is 5.15. The molecule has 2 rings (SSSR count). The molecule has 0 spiro atoms. The van der Waals surface area contributed by atoms with E-state index in [0.29, 0.717) is 0 Å². The van der Waals surface area contributed by atoms with Crippen LogP contribution in [0.4, 0.5) is 0 Å². The lowest BCUT2D eigenvalue weighted by Crippen LogP contribution is -2.48. The van der Waals surface area contributed by atoms with Crippen molar-refractivity contribution in [3.63, 3.8) is 0 Å². The second-order valence-corrected chi connectivity index (χ2v) is 6.00. The average molecular weight is 312 g/mol. The lowest BCUT2D eigenvalue weighted by Gasteiger charge is -2.37. The fraction of sp³-hybridized carbons (Fsp3) is 0.643. The van der Waals surface area contributed by atoms with Gasteiger partial charge in [-0.05, 0) is 40.9 Å². The van der Waals surface area contributed by atoms with Gasteiger partial charge < -0.3 is 0 Å². The summed E-state index contributed by atoms with van der Waals surface area (Å²) in [6.45, 7) is 10.3. The van der Waals surface area contributed by atoms with E-state index < -0.39 is 0 Å². The monoisotopic (exact) mass is 311 g/mol. The molecule has 1 aromatic heterocycles. The predicted octanol–water partition coefficient (Wildman–Crippen LogP) is 2.76. The molecule has 1 saturated heterocycles. The molecule has 4 heteroatoms. The third-order valence-electron chi connectivity index (χ3n) is 3.79. The standard InChI is InChI=1S/C14H22BrN3/c1-3-12(2)18-6-4-17(5-7-18)11-13-8-14(15)10-16-9-13/h8-10,12H,3-7,11H2,1-2H3. The molecule has 1 fully saturated rings. The molecule has 18 heavy (non-hydrogen) atoms. The topological polar surface area (TPSA) is 19.4 Å². The zero-order valence-corrected chi connectivity index (χ0v) is 12.9. The van der Waals surface area contributed by atoms with Crippen molar-refractivity contribution in [2.45, 2.75) is 32.9 Å². The Morgan fingerprint density at radius 1 is 1.28 bits per heavy atom. The maximum absolute atomic E-state index is 4.22. The van der Waals surface area contributed by atoms with Gasteiger partial charge in [0.05, 0.1) is 0 Å². The number of hydrogen-bond acceptors (Lipinski definition) is 3. The van der Waals surface area contributed by atoms with Crippen molar-refractivity contribution in [1.82, 2.24) is 14.8 Å². The third kappa shape index (κ3) is 3.77. The van der Waals surface area contributed by atoms with Crippen LogP contribution in [0.3, 0.4) is 0 Å². The van der Waals surface area contributed by atoms with Gasteiger partial charge in [0, 0.05) is 55.6 Å². The highest BCUT2D eigenvalue weighted by atomic mass is 79.9. The Hall–Kier alpha value is -0.450. The van der Waals surface area contributed by atoms with Crippen LogP contribution in [0, 0.1) is 0 Å². The first-order valence-electron chi connectivity index (χ1n) is 6.75. The third-order valence-corrected chi connectivity index (χ3v) is 4.22. The van der Waals surface area contributed by atoms with Gasteiger partial charge in [0.1, 0.15) is 0 Å². The highest BCUT2D eigenvalue weighted by Crippen LogP contribution is 2.14. The fourth-order valence-electron chi connectivity index (χ4n) is 2.42. The quantitative estimate of drug-likeness (QED) is 0.852. The van der Waals surface area contributed by atoms with E-state index in [-0.39, 0.29) is 0 Å². The van der Waals surface area contributed by atoms with Crippen LogP contribution in [0.25, 0.3) is 0 Å². The second kappa shape index (κ2) is 6.64. The summed E-state index contributed by atoms with van der Waals surface area (Å²) < 4.78 is 1.07. The maximum atomic E-state index is 4.22. The maximum Gasteiger partial charge on any atom is 0.0410 e. The SMILES string of the molecule is CCC(C)N1CCN(Cc2cncc(Br)c2)CC1. The number of aromatic nitrogens is 1. The summed E-state index contributed by atoms with van der Waals surface area (Å²) in [4.78, 5) is 9.33. The van der Waals surface area contributed by atoms with Crippen molar-refractivity contribution in [3.05, 3.63) is 28.5 Å². The van der Waals surface area contributed by atoms with Gasteiger partial charge >= 0.3 is 0 Å². The van der Waals surface area contributed by atoms with Crippen LogP contribution in [-0.2, 0) is 6.54 Å². The summed E-state index contributed by atoms with van der Waals surface area (Å²) >= 11 is 3.48. The number of halogens is 1. The molecule has 1 aromatic rings.